The summed E-state index contributed by atoms with van der Waals surface area (Å²) in [6, 6.07) is 8.23. The smallest absolute Gasteiger partial charge is 0.268 e. The number of alkyl halides is 2. The molecule has 1 atom stereocenters. The minimum Gasteiger partial charge on any atom is -0.347 e. The van der Waals surface area contributed by atoms with E-state index in [2.05, 4.69) is 5.32 Å². The highest BCUT2D eigenvalue weighted by atomic mass is 19.3. The van der Waals surface area contributed by atoms with Crippen LogP contribution in [0.3, 0.4) is 0 Å². The van der Waals surface area contributed by atoms with Crippen LogP contribution < -0.4 is 10.7 Å². The number of halogens is 2. The number of nitrogens with one attached hydrogen (secondary N) is 1. The molecule has 1 fully saturated rings. The van der Waals surface area contributed by atoms with Crippen LogP contribution in [0.2, 0.25) is 0 Å². The molecule has 1 aromatic carbocycles. The van der Waals surface area contributed by atoms with Gasteiger partial charge in [0.25, 0.3) is 12.3 Å². The van der Waals surface area contributed by atoms with Gasteiger partial charge in [-0.25, -0.2) is 8.78 Å². The van der Waals surface area contributed by atoms with Crippen molar-refractivity contribution in [1.29, 1.82) is 0 Å². The summed E-state index contributed by atoms with van der Waals surface area (Å²) in [5, 5.41) is 3.40. The van der Waals surface area contributed by atoms with Crippen molar-refractivity contribution in [3.8, 4) is 0 Å². The van der Waals surface area contributed by atoms with Crippen molar-refractivity contribution in [3.63, 3.8) is 0 Å². The zero-order valence-corrected chi connectivity index (χ0v) is 13.3. The highest BCUT2D eigenvalue weighted by Gasteiger charge is 2.26. The molecule has 1 aliphatic heterocycles. The molecule has 0 unspecified atom stereocenters. The molecule has 0 saturated carbocycles. The van der Waals surface area contributed by atoms with E-state index in [9.17, 15) is 18.4 Å². The molecule has 2 heterocycles. The van der Waals surface area contributed by atoms with Gasteiger partial charge < -0.3 is 9.88 Å². The SMILES string of the molecule is Cn1c(C(=O)N[C@H]2CCN(CC(F)F)C2)cc(=O)c2ccccc21. The summed E-state index contributed by atoms with van der Waals surface area (Å²) >= 11 is 0. The van der Waals surface area contributed by atoms with Gasteiger partial charge >= 0.3 is 0 Å². The lowest BCUT2D eigenvalue weighted by atomic mass is 10.1. The Morgan fingerprint density at radius 1 is 1.38 bits per heavy atom. The van der Waals surface area contributed by atoms with Gasteiger partial charge in [0.15, 0.2) is 5.43 Å². The number of pyridine rings is 1. The van der Waals surface area contributed by atoms with Crippen LogP contribution in [0, 0.1) is 0 Å². The number of nitrogens with zero attached hydrogens (tertiary/aromatic N) is 2. The van der Waals surface area contributed by atoms with Crippen molar-refractivity contribution in [2.45, 2.75) is 18.9 Å². The second-order valence-corrected chi connectivity index (χ2v) is 6.08. The Labute approximate surface area is 137 Å². The van der Waals surface area contributed by atoms with E-state index in [1.807, 2.05) is 6.07 Å². The van der Waals surface area contributed by atoms with Gasteiger partial charge in [-0.05, 0) is 18.6 Å². The molecule has 0 aliphatic carbocycles. The van der Waals surface area contributed by atoms with E-state index in [-0.39, 0.29) is 29.6 Å². The van der Waals surface area contributed by atoms with Crippen LogP contribution >= 0.6 is 0 Å². The number of likely N-dealkylation sites (tertiary alicyclic amines) is 1. The molecule has 1 amide bonds. The molecule has 0 spiro atoms. The van der Waals surface area contributed by atoms with E-state index < -0.39 is 6.43 Å². The zero-order chi connectivity index (χ0) is 17.3. The molecule has 1 saturated heterocycles. The number of carbonyl (C=O) groups excluding carboxylic acids is 1. The number of hydrogen-bond acceptors (Lipinski definition) is 3. The summed E-state index contributed by atoms with van der Waals surface area (Å²) in [4.78, 5) is 26.3. The minimum absolute atomic E-state index is 0.183. The van der Waals surface area contributed by atoms with Crippen LogP contribution in [-0.4, -0.2) is 47.5 Å². The van der Waals surface area contributed by atoms with Crippen LogP contribution in [0.15, 0.2) is 35.1 Å². The molecule has 1 aromatic heterocycles. The second-order valence-electron chi connectivity index (χ2n) is 6.08. The number of aromatic nitrogens is 1. The molecule has 0 bridgehead atoms. The number of rotatable bonds is 4. The van der Waals surface area contributed by atoms with Gasteiger partial charge in [0, 0.05) is 37.6 Å². The highest BCUT2D eigenvalue weighted by molar-refractivity contribution is 5.95. The molecule has 24 heavy (non-hydrogen) atoms. The first-order valence-corrected chi connectivity index (χ1v) is 7.86. The summed E-state index contributed by atoms with van der Waals surface area (Å²) in [6.45, 7) is 0.657. The van der Waals surface area contributed by atoms with Crippen molar-refractivity contribution in [1.82, 2.24) is 14.8 Å². The third kappa shape index (κ3) is 3.31. The fourth-order valence-electron chi connectivity index (χ4n) is 3.19. The third-order valence-electron chi connectivity index (χ3n) is 4.40. The molecular formula is C17H19F2N3O2. The molecule has 0 radical (unpaired) electrons. The number of aryl methyl sites for hydroxylation is 1. The highest BCUT2D eigenvalue weighted by Crippen LogP contribution is 2.14. The summed E-state index contributed by atoms with van der Waals surface area (Å²) in [6.07, 6.45) is -1.75. The van der Waals surface area contributed by atoms with Crippen LogP contribution in [0.5, 0.6) is 0 Å². The average Bonchev–Trinajstić information content (AvgIpc) is 2.97. The zero-order valence-electron chi connectivity index (χ0n) is 13.3. The van der Waals surface area contributed by atoms with Gasteiger partial charge in [-0.3, -0.25) is 14.5 Å². The van der Waals surface area contributed by atoms with Crippen LogP contribution in [0.1, 0.15) is 16.9 Å². The number of fused-ring (bicyclic) bond motifs is 1. The fraction of sp³-hybridized carbons (Fsp3) is 0.412. The first kappa shape index (κ1) is 16.6. The Balaban J connectivity index is 1.78. The van der Waals surface area contributed by atoms with Gasteiger partial charge in [-0.15, -0.1) is 0 Å². The standard InChI is InChI=1S/C17H19F2N3O2/c1-21-13-5-3-2-4-12(13)15(23)8-14(21)17(24)20-11-6-7-22(9-11)10-16(18)19/h2-5,8,11,16H,6-7,9-10H2,1H3,(H,20,24)/t11-/m0/s1. The Bertz CT molecular complexity index is 819. The van der Waals surface area contributed by atoms with Crippen molar-refractivity contribution in [2.75, 3.05) is 19.6 Å². The van der Waals surface area contributed by atoms with E-state index in [1.165, 1.54) is 6.07 Å². The molecule has 3 rings (SSSR count). The van der Waals surface area contributed by atoms with Gasteiger partial charge in [-0.2, -0.15) is 0 Å². The first-order chi connectivity index (χ1) is 11.5. The number of para-hydroxylation sites is 1. The fourth-order valence-corrected chi connectivity index (χ4v) is 3.19. The number of benzene rings is 1. The van der Waals surface area contributed by atoms with E-state index in [4.69, 9.17) is 0 Å². The Hall–Kier alpha value is -2.28. The van der Waals surface area contributed by atoms with E-state index in [1.54, 1.807) is 34.7 Å². The normalized spacial score (nSPS) is 18.4. The minimum atomic E-state index is -2.37. The predicted molar refractivity (Wildman–Crippen MR) is 87.5 cm³/mol. The number of amides is 1. The predicted octanol–water partition coefficient (Wildman–Crippen LogP) is 1.61. The van der Waals surface area contributed by atoms with Gasteiger partial charge in [0.05, 0.1) is 12.1 Å². The third-order valence-corrected chi connectivity index (χ3v) is 4.40. The number of carbonyl (C=O) groups is 1. The van der Waals surface area contributed by atoms with Crippen LogP contribution in [0.4, 0.5) is 8.78 Å². The summed E-state index contributed by atoms with van der Waals surface area (Å²) in [7, 11) is 1.73. The van der Waals surface area contributed by atoms with E-state index in [0.29, 0.717) is 30.4 Å². The Morgan fingerprint density at radius 2 is 2.12 bits per heavy atom. The quantitative estimate of drug-likeness (QED) is 0.924. The van der Waals surface area contributed by atoms with Crippen molar-refractivity contribution in [2.24, 2.45) is 7.05 Å². The lowest BCUT2D eigenvalue weighted by molar-refractivity contribution is 0.0911. The van der Waals surface area contributed by atoms with Crippen molar-refractivity contribution in [3.05, 3.63) is 46.2 Å². The molecule has 5 nitrogen and oxygen atoms in total. The average molecular weight is 335 g/mol. The molecular weight excluding hydrogens is 316 g/mol. The second kappa shape index (κ2) is 6.68. The Kier molecular flexibility index (Phi) is 4.62. The Morgan fingerprint density at radius 3 is 2.88 bits per heavy atom. The maximum Gasteiger partial charge on any atom is 0.268 e. The molecule has 7 heteroatoms. The summed E-state index contributed by atoms with van der Waals surface area (Å²) in [5.74, 6) is -0.357. The van der Waals surface area contributed by atoms with Gasteiger partial charge in [0.2, 0.25) is 0 Å². The van der Waals surface area contributed by atoms with Crippen molar-refractivity contribution < 1.29 is 13.6 Å². The van der Waals surface area contributed by atoms with Crippen LogP contribution in [0.25, 0.3) is 10.9 Å². The summed E-state index contributed by atoms with van der Waals surface area (Å²) < 4.78 is 26.5. The topological polar surface area (TPSA) is 54.3 Å². The van der Waals surface area contributed by atoms with Gasteiger partial charge in [0.1, 0.15) is 5.69 Å². The van der Waals surface area contributed by atoms with E-state index >= 15 is 0 Å². The van der Waals surface area contributed by atoms with Crippen molar-refractivity contribution >= 4 is 16.8 Å². The number of hydrogen-bond donors (Lipinski definition) is 1. The lowest BCUT2D eigenvalue weighted by Gasteiger charge is -2.17. The molecule has 1 aliphatic rings. The summed E-state index contributed by atoms with van der Waals surface area (Å²) in [5.41, 5.74) is 0.742. The van der Waals surface area contributed by atoms with Crippen LogP contribution in [-0.2, 0) is 7.05 Å². The monoisotopic (exact) mass is 335 g/mol. The maximum atomic E-state index is 12.5. The van der Waals surface area contributed by atoms with E-state index in [0.717, 1.165) is 0 Å². The largest absolute Gasteiger partial charge is 0.347 e. The first-order valence-electron chi connectivity index (χ1n) is 7.86. The maximum absolute atomic E-state index is 12.5. The van der Waals surface area contributed by atoms with Gasteiger partial charge in [-0.1, -0.05) is 12.1 Å². The lowest BCUT2D eigenvalue weighted by Crippen LogP contribution is -2.39. The molecule has 1 N–H and O–H groups in total. The molecule has 2 aromatic rings. The molecule has 128 valence electrons.